The number of unbranched alkanes of at least 4 members (excludes halogenated alkanes) is 6. The van der Waals surface area contributed by atoms with E-state index in [4.69, 9.17) is 0 Å². The summed E-state index contributed by atoms with van der Waals surface area (Å²) in [6, 6.07) is 0. The van der Waals surface area contributed by atoms with Crippen molar-refractivity contribution in [2.24, 2.45) is 0 Å². The third kappa shape index (κ3) is 14.3. The van der Waals surface area contributed by atoms with E-state index in [0.717, 1.165) is 18.3 Å². The zero-order valence-electron chi connectivity index (χ0n) is 11.6. The fourth-order valence-electron chi connectivity index (χ4n) is 1.88. The van der Waals surface area contributed by atoms with Gasteiger partial charge in [-0.05, 0) is 39.8 Å². The highest BCUT2D eigenvalue weighted by Crippen LogP contribution is 2.08. The first-order valence-electron chi connectivity index (χ1n) is 7.09. The average molecular weight is 308 g/mol. The number of hydrogen-bond acceptors (Lipinski definition) is 2. The summed E-state index contributed by atoms with van der Waals surface area (Å²) in [6.07, 6.45) is 10.2. The van der Waals surface area contributed by atoms with Crippen LogP contribution < -0.4 is 0 Å². The minimum absolute atomic E-state index is 0.160. The van der Waals surface area contributed by atoms with Crippen LogP contribution in [0.2, 0.25) is 0 Å². The lowest BCUT2D eigenvalue weighted by Crippen LogP contribution is -2.23. The maximum atomic E-state index is 9.18. The number of aliphatic hydroxyl groups is 1. The van der Waals surface area contributed by atoms with Crippen molar-refractivity contribution < 1.29 is 5.11 Å². The van der Waals surface area contributed by atoms with Crippen LogP contribution in [-0.2, 0) is 0 Å². The Balaban J connectivity index is 3.11. The molecular formula is C14H30BrNO. The average Bonchev–Trinajstić information content (AvgIpc) is 2.30. The molecule has 0 fully saturated rings. The Labute approximate surface area is 116 Å². The molecule has 0 saturated carbocycles. The molecule has 2 nitrogen and oxygen atoms in total. The van der Waals surface area contributed by atoms with E-state index in [1.54, 1.807) is 0 Å². The first kappa shape index (κ1) is 17.4. The van der Waals surface area contributed by atoms with Crippen LogP contribution in [0, 0.1) is 0 Å². The van der Waals surface area contributed by atoms with Crippen molar-refractivity contribution in [2.45, 2.75) is 64.4 Å². The van der Waals surface area contributed by atoms with Gasteiger partial charge in [-0.25, -0.2) is 0 Å². The van der Waals surface area contributed by atoms with Gasteiger partial charge >= 0.3 is 0 Å². The second-order valence-electron chi connectivity index (χ2n) is 5.10. The van der Waals surface area contributed by atoms with Gasteiger partial charge in [0.25, 0.3) is 0 Å². The largest absolute Gasteiger partial charge is 0.393 e. The summed E-state index contributed by atoms with van der Waals surface area (Å²) in [5.41, 5.74) is 0. The van der Waals surface area contributed by atoms with Crippen LogP contribution in [0.15, 0.2) is 0 Å². The Kier molecular flexibility index (Phi) is 13.1. The van der Waals surface area contributed by atoms with Crippen LogP contribution in [0.1, 0.15) is 58.3 Å². The molecular weight excluding hydrogens is 278 g/mol. The fraction of sp³-hybridized carbons (Fsp3) is 1.00. The molecule has 1 atom stereocenters. The second-order valence-corrected chi connectivity index (χ2v) is 5.90. The lowest BCUT2D eigenvalue weighted by Gasteiger charge is -2.17. The number of halogens is 1. The van der Waals surface area contributed by atoms with Crippen LogP contribution in [-0.4, -0.2) is 41.6 Å². The number of aliphatic hydroxyl groups excluding tert-OH is 1. The monoisotopic (exact) mass is 307 g/mol. The van der Waals surface area contributed by atoms with Gasteiger partial charge in [0.2, 0.25) is 0 Å². The van der Waals surface area contributed by atoms with Gasteiger partial charge in [0.1, 0.15) is 0 Å². The fourth-order valence-corrected chi connectivity index (χ4v) is 2.28. The Morgan fingerprint density at radius 2 is 1.47 bits per heavy atom. The quantitative estimate of drug-likeness (QED) is 0.438. The predicted molar refractivity (Wildman–Crippen MR) is 79.9 cm³/mol. The molecule has 0 aliphatic heterocycles. The van der Waals surface area contributed by atoms with Gasteiger partial charge in [-0.3, -0.25) is 0 Å². The van der Waals surface area contributed by atoms with Gasteiger partial charge in [-0.15, -0.1) is 0 Å². The van der Waals surface area contributed by atoms with Gasteiger partial charge < -0.3 is 10.0 Å². The first-order valence-corrected chi connectivity index (χ1v) is 8.21. The van der Waals surface area contributed by atoms with E-state index in [9.17, 15) is 5.11 Å². The summed E-state index contributed by atoms with van der Waals surface area (Å²) in [4.78, 5) is 2.33. The number of hydrogen-bond donors (Lipinski definition) is 1. The maximum absolute atomic E-state index is 9.18. The van der Waals surface area contributed by atoms with Crippen LogP contribution >= 0.6 is 15.9 Å². The molecule has 0 aromatic rings. The molecule has 0 spiro atoms. The maximum Gasteiger partial charge on any atom is 0.0524 e. The minimum Gasteiger partial charge on any atom is -0.393 e. The number of nitrogens with zero attached hydrogens (tertiary/aromatic N) is 1. The molecule has 3 heteroatoms. The van der Waals surface area contributed by atoms with E-state index in [0.29, 0.717) is 0 Å². The topological polar surface area (TPSA) is 23.5 Å². The Hall–Kier alpha value is 0.400. The Morgan fingerprint density at radius 1 is 0.941 bits per heavy atom. The van der Waals surface area contributed by atoms with Crippen molar-refractivity contribution in [3.63, 3.8) is 0 Å². The van der Waals surface area contributed by atoms with Crippen molar-refractivity contribution in [1.29, 1.82) is 0 Å². The molecule has 0 aromatic heterocycles. The Morgan fingerprint density at radius 3 is 2.00 bits per heavy atom. The van der Waals surface area contributed by atoms with Gasteiger partial charge in [0, 0.05) is 11.9 Å². The Bertz CT molecular complexity index is 153. The van der Waals surface area contributed by atoms with Gasteiger partial charge in [0.05, 0.1) is 6.10 Å². The summed E-state index contributed by atoms with van der Waals surface area (Å²) >= 11 is 3.46. The summed E-state index contributed by atoms with van der Waals surface area (Å²) in [7, 11) is 2.15. The van der Waals surface area contributed by atoms with Gasteiger partial charge in [-0.2, -0.15) is 0 Å². The molecule has 0 aliphatic carbocycles. The minimum atomic E-state index is -0.160. The molecule has 1 N–H and O–H groups in total. The van der Waals surface area contributed by atoms with Crippen molar-refractivity contribution in [3.05, 3.63) is 0 Å². The summed E-state index contributed by atoms with van der Waals surface area (Å²) in [5.74, 6) is 0. The highest BCUT2D eigenvalue weighted by atomic mass is 79.9. The molecule has 0 aromatic carbocycles. The molecule has 1 unspecified atom stereocenters. The van der Waals surface area contributed by atoms with Crippen molar-refractivity contribution in [3.8, 4) is 0 Å². The van der Waals surface area contributed by atoms with Crippen LogP contribution in [0.5, 0.6) is 0 Å². The normalized spacial score (nSPS) is 13.2. The lowest BCUT2D eigenvalue weighted by molar-refractivity contribution is 0.164. The van der Waals surface area contributed by atoms with E-state index in [2.05, 4.69) is 27.9 Å². The standard InChI is InChI=1S/C14H30BrNO/c1-14(17)10-13-16(2)12-9-7-5-3-4-6-8-11-15/h14,17H,3-13H2,1-2H3. The molecule has 0 bridgehead atoms. The molecule has 0 heterocycles. The van der Waals surface area contributed by atoms with E-state index < -0.39 is 0 Å². The zero-order valence-corrected chi connectivity index (χ0v) is 13.2. The van der Waals surface area contributed by atoms with Gasteiger partial charge in [0.15, 0.2) is 0 Å². The highest BCUT2D eigenvalue weighted by Gasteiger charge is 2.01. The zero-order chi connectivity index (χ0) is 12.9. The van der Waals surface area contributed by atoms with E-state index >= 15 is 0 Å². The smallest absolute Gasteiger partial charge is 0.0524 e. The third-order valence-electron chi connectivity index (χ3n) is 3.10. The first-order chi connectivity index (χ1) is 8.16. The highest BCUT2D eigenvalue weighted by molar-refractivity contribution is 9.09. The van der Waals surface area contributed by atoms with Gasteiger partial charge in [-0.1, -0.05) is 48.0 Å². The van der Waals surface area contributed by atoms with Crippen LogP contribution in [0.4, 0.5) is 0 Å². The summed E-state index contributed by atoms with van der Waals surface area (Å²) in [6.45, 7) is 4.05. The number of rotatable bonds is 12. The molecule has 0 radical (unpaired) electrons. The second kappa shape index (κ2) is 12.8. The number of alkyl halides is 1. The van der Waals surface area contributed by atoms with Crippen LogP contribution in [0.3, 0.4) is 0 Å². The van der Waals surface area contributed by atoms with Crippen molar-refractivity contribution in [2.75, 3.05) is 25.5 Å². The van der Waals surface area contributed by atoms with Crippen molar-refractivity contribution in [1.82, 2.24) is 4.90 Å². The molecule has 104 valence electrons. The summed E-state index contributed by atoms with van der Waals surface area (Å²) in [5, 5.41) is 10.3. The van der Waals surface area contributed by atoms with Crippen LogP contribution in [0.25, 0.3) is 0 Å². The third-order valence-corrected chi connectivity index (χ3v) is 3.66. The molecule has 0 saturated heterocycles. The molecule has 0 aliphatic rings. The SMILES string of the molecule is CC(O)CCN(C)CCCCCCCCCBr. The van der Waals surface area contributed by atoms with E-state index in [-0.39, 0.29) is 6.10 Å². The van der Waals surface area contributed by atoms with E-state index in [1.807, 2.05) is 6.92 Å². The lowest BCUT2D eigenvalue weighted by atomic mass is 10.1. The van der Waals surface area contributed by atoms with Crippen molar-refractivity contribution >= 4 is 15.9 Å². The summed E-state index contributed by atoms with van der Waals surface area (Å²) < 4.78 is 0. The molecule has 0 amide bonds. The molecule has 0 rings (SSSR count). The predicted octanol–water partition coefficient (Wildman–Crippen LogP) is 3.81. The molecule has 17 heavy (non-hydrogen) atoms. The van der Waals surface area contributed by atoms with E-state index in [1.165, 1.54) is 51.5 Å².